The second-order valence-electron chi connectivity index (χ2n) is 5.89. The Hall–Kier alpha value is -1.68. The highest BCUT2D eigenvalue weighted by Gasteiger charge is 2.33. The highest BCUT2D eigenvalue weighted by Crippen LogP contribution is 2.28. The fourth-order valence-corrected chi connectivity index (χ4v) is 3.32. The van der Waals surface area contributed by atoms with Crippen LogP contribution < -0.4 is 15.8 Å². The number of aliphatic imine (C=N–C) groups is 1. The van der Waals surface area contributed by atoms with E-state index in [-0.39, 0.29) is 5.54 Å². The van der Waals surface area contributed by atoms with E-state index in [9.17, 15) is 0 Å². The fourth-order valence-electron chi connectivity index (χ4n) is 3.32. The summed E-state index contributed by atoms with van der Waals surface area (Å²) in [6.07, 6.45) is 8.55. The molecule has 0 bridgehead atoms. The number of nitrogens with one attached hydrogen (secondary N) is 1. The van der Waals surface area contributed by atoms with Crippen LogP contribution in [0.3, 0.4) is 0 Å². The molecule has 0 unspecified atom stereocenters. The van der Waals surface area contributed by atoms with Gasteiger partial charge < -0.3 is 10.2 Å². The zero-order valence-electron chi connectivity index (χ0n) is 11.2. The van der Waals surface area contributed by atoms with Gasteiger partial charge in [0.25, 0.3) is 0 Å². The van der Waals surface area contributed by atoms with Crippen molar-refractivity contribution in [2.75, 3.05) is 19.6 Å². The first-order valence-corrected chi connectivity index (χ1v) is 6.98. The minimum absolute atomic E-state index is 0.260. The number of piperidine rings is 1. The van der Waals surface area contributed by atoms with Crippen LogP contribution in [0.5, 0.6) is 0 Å². The van der Waals surface area contributed by atoms with Crippen molar-refractivity contribution in [3.8, 4) is 0 Å². The molecule has 0 saturated carbocycles. The quantitative estimate of drug-likeness (QED) is 0.775. The van der Waals surface area contributed by atoms with Crippen LogP contribution in [-0.4, -0.2) is 41.3 Å². The van der Waals surface area contributed by atoms with Gasteiger partial charge in [0.2, 0.25) is 0 Å². The van der Waals surface area contributed by atoms with Gasteiger partial charge in [-0.3, -0.25) is 0 Å². The lowest BCUT2D eigenvalue weighted by molar-refractivity contribution is 0.153. The summed E-state index contributed by atoms with van der Waals surface area (Å²) in [6.45, 7) is 5.56. The van der Waals surface area contributed by atoms with Crippen molar-refractivity contribution in [3.63, 3.8) is 0 Å². The Morgan fingerprint density at radius 3 is 3.00 bits per heavy atom. The fraction of sp³-hybridized carbons (Fsp3) is 0.467. The molecule has 0 amide bonds. The lowest BCUT2D eigenvalue weighted by atomic mass is 9.87. The number of hydrogen-bond acceptors (Lipinski definition) is 4. The normalized spacial score (nSPS) is 23.2. The van der Waals surface area contributed by atoms with E-state index < -0.39 is 0 Å². The molecule has 0 aromatic carbocycles. The second kappa shape index (κ2) is 3.90. The van der Waals surface area contributed by atoms with Crippen LogP contribution in [0.2, 0.25) is 0 Å². The standard InChI is InChI=1S/C15H18N4/c1-15(3-6-16-7-4-15)19-9-11-2-5-17-14-13(11)12(10-19)8-18-14/h2,5,8-9,16H,3-4,6-7,10H2,1H3. The number of nitrogens with zero attached hydrogens (tertiary/aromatic N) is 3. The van der Waals surface area contributed by atoms with Gasteiger partial charge in [0.05, 0.1) is 0 Å². The van der Waals surface area contributed by atoms with Crippen LogP contribution in [0.1, 0.15) is 19.8 Å². The molecule has 1 aromatic rings. The second-order valence-corrected chi connectivity index (χ2v) is 5.89. The number of pyridine rings is 1. The van der Waals surface area contributed by atoms with E-state index in [1.807, 2.05) is 12.4 Å². The first-order chi connectivity index (χ1) is 9.26. The van der Waals surface area contributed by atoms with Crippen LogP contribution in [0.15, 0.2) is 17.3 Å². The Morgan fingerprint density at radius 1 is 1.32 bits per heavy atom. The molecule has 4 rings (SSSR count). The van der Waals surface area contributed by atoms with Gasteiger partial charge in [-0.2, -0.15) is 0 Å². The molecule has 1 N–H and O–H groups in total. The third kappa shape index (κ3) is 1.63. The average Bonchev–Trinajstić information content (AvgIpc) is 2.85. The molecule has 98 valence electrons. The minimum Gasteiger partial charge on any atom is -0.367 e. The summed E-state index contributed by atoms with van der Waals surface area (Å²) in [5.74, 6) is 0.888. The van der Waals surface area contributed by atoms with E-state index in [1.165, 1.54) is 28.9 Å². The average molecular weight is 254 g/mol. The van der Waals surface area contributed by atoms with Gasteiger partial charge in [-0.05, 0) is 38.9 Å². The van der Waals surface area contributed by atoms with Gasteiger partial charge in [-0.1, -0.05) is 0 Å². The smallest absolute Gasteiger partial charge is 0.160 e. The van der Waals surface area contributed by atoms with Crippen molar-refractivity contribution in [1.82, 2.24) is 15.2 Å². The molecule has 19 heavy (non-hydrogen) atoms. The van der Waals surface area contributed by atoms with Crippen molar-refractivity contribution < 1.29 is 0 Å². The minimum atomic E-state index is 0.260. The summed E-state index contributed by atoms with van der Waals surface area (Å²) >= 11 is 0. The van der Waals surface area contributed by atoms with E-state index >= 15 is 0 Å². The highest BCUT2D eigenvalue weighted by atomic mass is 15.2. The van der Waals surface area contributed by atoms with Gasteiger partial charge in [-0.25, -0.2) is 9.98 Å². The third-order valence-electron chi connectivity index (χ3n) is 4.64. The van der Waals surface area contributed by atoms with Crippen molar-refractivity contribution in [2.24, 2.45) is 4.99 Å². The van der Waals surface area contributed by atoms with E-state index in [0.29, 0.717) is 0 Å². The maximum absolute atomic E-state index is 4.42. The molecule has 0 atom stereocenters. The molecular weight excluding hydrogens is 236 g/mol. The number of hydrogen-bond donors (Lipinski definition) is 1. The zero-order valence-corrected chi connectivity index (χ0v) is 11.2. The molecular formula is C15H18N4. The molecule has 1 aromatic heterocycles. The Balaban J connectivity index is 1.81. The van der Waals surface area contributed by atoms with Crippen LogP contribution in [0.4, 0.5) is 5.82 Å². The molecule has 0 aliphatic carbocycles. The maximum atomic E-state index is 4.42. The lowest BCUT2D eigenvalue weighted by Crippen LogP contribution is -2.53. The Labute approximate surface area is 112 Å². The summed E-state index contributed by atoms with van der Waals surface area (Å²) in [6, 6.07) is 2.10. The van der Waals surface area contributed by atoms with Gasteiger partial charge >= 0.3 is 0 Å². The van der Waals surface area contributed by atoms with E-state index in [2.05, 4.69) is 39.4 Å². The molecule has 1 fully saturated rings. The molecule has 4 nitrogen and oxygen atoms in total. The Morgan fingerprint density at radius 2 is 2.16 bits per heavy atom. The maximum Gasteiger partial charge on any atom is 0.160 e. The van der Waals surface area contributed by atoms with Crippen LogP contribution in [-0.2, 0) is 0 Å². The highest BCUT2D eigenvalue weighted by molar-refractivity contribution is 6.07. The van der Waals surface area contributed by atoms with Gasteiger partial charge in [0, 0.05) is 46.7 Å². The van der Waals surface area contributed by atoms with E-state index in [4.69, 9.17) is 0 Å². The van der Waals surface area contributed by atoms with Crippen molar-refractivity contribution in [1.29, 1.82) is 0 Å². The summed E-state index contributed by atoms with van der Waals surface area (Å²) < 4.78 is 0. The Kier molecular flexibility index (Phi) is 2.30. The van der Waals surface area contributed by atoms with E-state index in [1.54, 1.807) is 0 Å². The zero-order chi connectivity index (χ0) is 12.9. The predicted octanol–water partition coefficient (Wildman–Crippen LogP) is 0.144. The monoisotopic (exact) mass is 254 g/mol. The molecule has 4 heteroatoms. The molecule has 3 aliphatic rings. The van der Waals surface area contributed by atoms with E-state index in [0.717, 1.165) is 25.5 Å². The Bertz CT molecular complexity index is 668. The largest absolute Gasteiger partial charge is 0.367 e. The molecule has 3 aliphatic heterocycles. The van der Waals surface area contributed by atoms with Crippen LogP contribution in [0.25, 0.3) is 11.8 Å². The van der Waals surface area contributed by atoms with Crippen molar-refractivity contribution in [3.05, 3.63) is 22.7 Å². The first kappa shape index (κ1) is 11.2. The van der Waals surface area contributed by atoms with Gasteiger partial charge in [-0.15, -0.1) is 0 Å². The number of rotatable bonds is 1. The van der Waals surface area contributed by atoms with Gasteiger partial charge in [0.15, 0.2) is 5.82 Å². The summed E-state index contributed by atoms with van der Waals surface area (Å²) in [5, 5.41) is 5.96. The molecule has 1 saturated heterocycles. The summed E-state index contributed by atoms with van der Waals surface area (Å²) in [4.78, 5) is 11.3. The van der Waals surface area contributed by atoms with Crippen LogP contribution in [0, 0.1) is 0 Å². The molecule has 4 heterocycles. The van der Waals surface area contributed by atoms with Crippen molar-refractivity contribution >= 4 is 23.8 Å². The molecule has 0 radical (unpaired) electrons. The number of aromatic nitrogens is 1. The molecule has 0 spiro atoms. The predicted molar refractivity (Wildman–Crippen MR) is 76.7 cm³/mol. The topological polar surface area (TPSA) is 40.5 Å². The third-order valence-corrected chi connectivity index (χ3v) is 4.64. The van der Waals surface area contributed by atoms with Crippen molar-refractivity contribution in [2.45, 2.75) is 25.3 Å². The van der Waals surface area contributed by atoms with Gasteiger partial charge in [0.1, 0.15) is 0 Å². The summed E-state index contributed by atoms with van der Waals surface area (Å²) in [7, 11) is 0. The lowest BCUT2D eigenvalue weighted by Gasteiger charge is -2.44. The summed E-state index contributed by atoms with van der Waals surface area (Å²) in [5.41, 5.74) is 1.58. The SMILES string of the molecule is CC1(N2C=c3ccnc4c3=C(C=N4)C2)CCNCC1. The van der Waals surface area contributed by atoms with Crippen LogP contribution >= 0.6 is 0 Å². The first-order valence-electron chi connectivity index (χ1n) is 6.98.